The smallest absolute Gasteiger partial charge is 1.00 e. The fraction of sp³-hybridized carbons (Fsp3) is 0.514. The van der Waals surface area contributed by atoms with Gasteiger partial charge in [0, 0.05) is 0 Å². The monoisotopic (exact) mass is 628 g/mol. The molecule has 0 saturated heterocycles. The number of fused-ring (bicyclic) bond motifs is 3. The van der Waals surface area contributed by atoms with Crippen LogP contribution in [0.5, 0.6) is 0 Å². The third-order valence-corrected chi connectivity index (χ3v) is 16.5. The van der Waals surface area contributed by atoms with Crippen LogP contribution in [-0.2, 0) is 38.5 Å². The average Bonchev–Trinajstić information content (AvgIpc) is 3.24. The summed E-state index contributed by atoms with van der Waals surface area (Å²) in [6.07, 6.45) is 3.68. The first-order chi connectivity index (χ1) is 16.4. The number of allylic oxidation sites excluding steroid dienone is 4. The summed E-state index contributed by atoms with van der Waals surface area (Å²) in [6, 6.07) is 12.5. The molecule has 4 rings (SSSR count). The third-order valence-electron chi connectivity index (χ3n) is 8.28. The molecule has 2 aromatic rings. The zero-order chi connectivity index (χ0) is 27.0. The molecule has 0 bridgehead atoms. The van der Waals surface area contributed by atoms with Gasteiger partial charge in [-0.3, -0.25) is 0 Å². The minimum absolute atomic E-state index is 0. The van der Waals surface area contributed by atoms with Crippen LogP contribution in [0.3, 0.4) is 0 Å². The maximum Gasteiger partial charge on any atom is -1.00 e. The van der Waals surface area contributed by atoms with E-state index in [1.54, 1.807) is 23.2 Å². The van der Waals surface area contributed by atoms with Crippen LogP contribution in [0.25, 0.3) is 11.1 Å². The van der Waals surface area contributed by atoms with Crippen LogP contribution in [0, 0.1) is 11.3 Å². The van der Waals surface area contributed by atoms with Gasteiger partial charge < -0.3 is 24.8 Å². The molecule has 3 heteroatoms. The molecule has 206 valence electrons. The molecule has 0 amide bonds. The molecule has 38 heavy (non-hydrogen) atoms. The first kappa shape index (κ1) is 33.5. The first-order valence-corrected chi connectivity index (χ1v) is 17.5. The Bertz CT molecular complexity index is 1330. The van der Waals surface area contributed by atoms with Crippen molar-refractivity contribution in [2.75, 3.05) is 0 Å². The molecule has 0 aliphatic heterocycles. The Morgan fingerprint density at radius 2 is 1.32 bits per heavy atom. The molecule has 1 unspecified atom stereocenters. The van der Waals surface area contributed by atoms with E-state index in [-0.39, 0.29) is 41.1 Å². The van der Waals surface area contributed by atoms with Gasteiger partial charge in [-0.2, -0.15) is 0 Å². The predicted molar refractivity (Wildman–Crippen MR) is 157 cm³/mol. The van der Waals surface area contributed by atoms with E-state index < -0.39 is 21.3 Å². The van der Waals surface area contributed by atoms with Gasteiger partial charge in [-0.25, -0.2) is 0 Å². The maximum absolute atomic E-state index is 2.65. The Labute approximate surface area is 253 Å². The van der Waals surface area contributed by atoms with Crippen molar-refractivity contribution in [3.8, 4) is 11.1 Å². The summed E-state index contributed by atoms with van der Waals surface area (Å²) >= 11 is -2.30. The van der Waals surface area contributed by atoms with E-state index in [4.69, 9.17) is 0 Å². The summed E-state index contributed by atoms with van der Waals surface area (Å²) in [5.74, 6) is 0.550. The standard InChI is InChI=1S/C21H25.C11H17.C3H6.2ClH.Zr/c1-20(2,3)16-9-7-14-11-15-8-10-17(21(4,5)6)13-19(15)18(14)12-16;1-8-6-9(2)10(7-8)11(3,4)5;1-3-2;;;/h7,9-10,12-13H,11H2,1-6H3;7-8H,1-5H3;1-2H3;2*1H;/q;;;;;+2/p-2. The van der Waals surface area contributed by atoms with Crippen molar-refractivity contribution in [2.24, 2.45) is 11.3 Å². The maximum atomic E-state index is 2.65. The number of halogens is 2. The second-order valence-corrected chi connectivity index (χ2v) is 21.6. The van der Waals surface area contributed by atoms with E-state index in [1.165, 1.54) is 27.8 Å². The molecule has 0 spiro atoms. The van der Waals surface area contributed by atoms with Crippen molar-refractivity contribution in [3.05, 3.63) is 73.1 Å². The molecule has 0 saturated carbocycles. The zero-order valence-electron chi connectivity index (χ0n) is 26.0. The third kappa shape index (κ3) is 6.11. The Morgan fingerprint density at radius 1 is 0.763 bits per heavy atom. The number of benzene rings is 2. The summed E-state index contributed by atoms with van der Waals surface area (Å²) in [5.41, 5.74) is 12.8. The van der Waals surface area contributed by atoms with Crippen LogP contribution in [0.1, 0.15) is 112 Å². The summed E-state index contributed by atoms with van der Waals surface area (Å²) < 4.78 is 5.24. The van der Waals surface area contributed by atoms with Crippen molar-refractivity contribution >= 4 is 6.48 Å². The van der Waals surface area contributed by atoms with Crippen LogP contribution in [0.15, 0.2) is 50.8 Å². The predicted octanol–water partition coefficient (Wildman–Crippen LogP) is 3.21. The first-order valence-electron chi connectivity index (χ1n) is 13.8. The molecule has 0 N–H and O–H groups in total. The summed E-state index contributed by atoms with van der Waals surface area (Å²) in [6.45, 7) is 31.0. The van der Waals surface area contributed by atoms with Gasteiger partial charge in [0.15, 0.2) is 0 Å². The zero-order valence-corrected chi connectivity index (χ0v) is 30.0. The minimum atomic E-state index is -2.30. The van der Waals surface area contributed by atoms with Gasteiger partial charge in [-0.1, -0.05) is 0 Å². The largest absolute Gasteiger partial charge is 1.00 e. The second-order valence-electron chi connectivity index (χ2n) is 14.6. The molecule has 2 aliphatic rings. The Morgan fingerprint density at radius 3 is 1.79 bits per heavy atom. The van der Waals surface area contributed by atoms with Gasteiger partial charge in [0.2, 0.25) is 0 Å². The molecule has 0 nitrogen and oxygen atoms in total. The van der Waals surface area contributed by atoms with Crippen LogP contribution in [-0.4, -0.2) is 3.21 Å². The van der Waals surface area contributed by atoms with Crippen LogP contribution >= 0.6 is 0 Å². The van der Waals surface area contributed by atoms with Crippen LogP contribution < -0.4 is 28.1 Å². The molecule has 0 aromatic heterocycles. The van der Waals surface area contributed by atoms with Gasteiger partial charge in [0.05, 0.1) is 0 Å². The molecule has 0 heterocycles. The second kappa shape index (κ2) is 11.3. The van der Waals surface area contributed by atoms with Gasteiger partial charge >= 0.3 is 231 Å². The van der Waals surface area contributed by atoms with Gasteiger partial charge in [0.1, 0.15) is 0 Å². The number of rotatable bonds is 2. The summed E-state index contributed by atoms with van der Waals surface area (Å²) in [5, 5.41) is 0. The molecule has 0 fully saturated rings. The van der Waals surface area contributed by atoms with E-state index >= 15 is 0 Å². The molecule has 1 atom stereocenters. The average molecular weight is 631 g/mol. The van der Waals surface area contributed by atoms with Crippen molar-refractivity contribution < 1.29 is 46.1 Å². The molecule has 0 radical (unpaired) electrons. The number of hydrogen-bond acceptors (Lipinski definition) is 0. The fourth-order valence-electron chi connectivity index (χ4n) is 6.25. The summed E-state index contributed by atoms with van der Waals surface area (Å²) in [7, 11) is 0. The van der Waals surface area contributed by atoms with Crippen molar-refractivity contribution in [1.29, 1.82) is 0 Å². The van der Waals surface area contributed by atoms with Crippen molar-refractivity contribution in [2.45, 2.75) is 107 Å². The van der Waals surface area contributed by atoms with Crippen LogP contribution in [0.2, 0.25) is 0 Å². The Balaban J connectivity index is 0.00000253. The van der Waals surface area contributed by atoms with E-state index in [0.717, 1.165) is 6.42 Å². The Kier molecular flexibility index (Phi) is 9.92. The SMILES string of the molecule is CC1=[C]([Zr+2](=[C](C)C)[c]2cc(C(C)(C)C)cc3c2Cc2ccc(C(C)(C)C)cc2-3)C(C)C=C1C(C)(C)C.[Cl-].[Cl-]. The van der Waals surface area contributed by atoms with Crippen molar-refractivity contribution in [1.82, 2.24) is 0 Å². The van der Waals surface area contributed by atoms with Gasteiger partial charge in [-0.05, 0) is 0 Å². The fourth-order valence-corrected chi connectivity index (χ4v) is 14.2. The van der Waals surface area contributed by atoms with Gasteiger partial charge in [0.25, 0.3) is 0 Å². The number of hydrogen-bond donors (Lipinski definition) is 0. The van der Waals surface area contributed by atoms with E-state index in [1.807, 2.05) is 3.28 Å². The normalized spacial score (nSPS) is 16.6. The van der Waals surface area contributed by atoms with E-state index in [9.17, 15) is 0 Å². The molecular formula is C35H48Cl2Zr. The Hall–Kier alpha value is -0.747. The topological polar surface area (TPSA) is 0 Å². The van der Waals surface area contributed by atoms with Gasteiger partial charge in [-0.15, -0.1) is 0 Å². The van der Waals surface area contributed by atoms with E-state index in [0.29, 0.717) is 5.92 Å². The van der Waals surface area contributed by atoms with Crippen molar-refractivity contribution in [3.63, 3.8) is 0 Å². The summed E-state index contributed by atoms with van der Waals surface area (Å²) in [4.78, 5) is 0. The minimum Gasteiger partial charge on any atom is -1.00 e. The molecule has 2 aliphatic carbocycles. The van der Waals surface area contributed by atoms with Crippen LogP contribution in [0.4, 0.5) is 0 Å². The molecular weight excluding hydrogens is 583 g/mol. The molecule has 2 aromatic carbocycles. The van der Waals surface area contributed by atoms with E-state index in [2.05, 4.69) is 126 Å². The quantitative estimate of drug-likeness (QED) is 0.408.